The van der Waals surface area contributed by atoms with Crippen molar-refractivity contribution in [3.63, 3.8) is 0 Å². The minimum atomic E-state index is -4.39. The standard InChI is InChI=1S/C50H51F3O13/c1-34(54)61-26-20-58-23-29-64-46-32-44(33-47(65-30-24-59-21-27-62-35(2)55)49(46)66-31-25-60-22-28-63-36(3)56)48(57)43-14-12-41(13-15-43)39-6-4-37(5-7-39)38-8-10-40(11-9-38)42-16-18-45(19-17-42)50(51,52)53/h4-19,32-33H,20-31H2,1-3H3. The minimum absolute atomic E-state index is 0.0349. The van der Waals surface area contributed by atoms with Crippen LogP contribution < -0.4 is 14.2 Å². The van der Waals surface area contributed by atoms with Gasteiger partial charge in [0.2, 0.25) is 5.75 Å². The van der Waals surface area contributed by atoms with Crippen LogP contribution in [0.5, 0.6) is 17.2 Å². The molecule has 0 atom stereocenters. The molecule has 5 rings (SSSR count). The molecule has 16 heteroatoms. The quantitative estimate of drug-likeness (QED) is 0.0225. The van der Waals surface area contributed by atoms with Crippen LogP contribution >= 0.6 is 0 Å². The molecule has 0 aliphatic rings. The van der Waals surface area contributed by atoms with Gasteiger partial charge in [0.25, 0.3) is 0 Å². The molecule has 13 nitrogen and oxygen atoms in total. The molecule has 0 amide bonds. The summed E-state index contributed by atoms with van der Waals surface area (Å²) in [5.41, 5.74) is 5.06. The number of ketones is 1. The summed E-state index contributed by atoms with van der Waals surface area (Å²) < 4.78 is 88.6. The highest BCUT2D eigenvalue weighted by Crippen LogP contribution is 2.40. The van der Waals surface area contributed by atoms with E-state index in [0.717, 1.165) is 39.9 Å². The van der Waals surface area contributed by atoms with Gasteiger partial charge in [-0.2, -0.15) is 13.2 Å². The monoisotopic (exact) mass is 916 g/mol. The number of alkyl halides is 3. The Morgan fingerprint density at radius 1 is 0.394 bits per heavy atom. The van der Waals surface area contributed by atoms with Crippen molar-refractivity contribution in [3.8, 4) is 50.6 Å². The van der Waals surface area contributed by atoms with E-state index in [2.05, 4.69) is 0 Å². The van der Waals surface area contributed by atoms with Gasteiger partial charge < -0.3 is 42.6 Å². The summed E-state index contributed by atoms with van der Waals surface area (Å²) in [6, 6.07) is 30.7. The number of benzene rings is 5. The molecular formula is C50H51F3O13. The summed E-state index contributed by atoms with van der Waals surface area (Å²) in [5.74, 6) is -1.06. The van der Waals surface area contributed by atoms with Crippen LogP contribution in [0.25, 0.3) is 33.4 Å². The summed E-state index contributed by atoms with van der Waals surface area (Å²) in [4.78, 5) is 47.4. The lowest BCUT2D eigenvalue weighted by Crippen LogP contribution is -2.16. The molecule has 0 bridgehead atoms. The van der Waals surface area contributed by atoms with E-state index < -0.39 is 29.6 Å². The molecule has 0 N–H and O–H groups in total. The van der Waals surface area contributed by atoms with Gasteiger partial charge in [-0.1, -0.05) is 84.9 Å². The fraction of sp³-hybridized carbons (Fsp3) is 0.320. The van der Waals surface area contributed by atoms with Gasteiger partial charge >= 0.3 is 24.1 Å². The van der Waals surface area contributed by atoms with Crippen molar-refractivity contribution < 1.29 is 75.0 Å². The first-order valence-corrected chi connectivity index (χ1v) is 21.0. The fourth-order valence-corrected chi connectivity index (χ4v) is 6.27. The number of ether oxygens (including phenoxy) is 9. The van der Waals surface area contributed by atoms with Gasteiger partial charge in [-0.25, -0.2) is 0 Å². The predicted octanol–water partition coefficient (Wildman–Crippen LogP) is 8.81. The first-order valence-electron chi connectivity index (χ1n) is 21.0. The molecule has 350 valence electrons. The molecule has 5 aromatic carbocycles. The molecule has 0 aliphatic heterocycles. The number of carbonyl (C=O) groups is 4. The van der Waals surface area contributed by atoms with E-state index in [-0.39, 0.29) is 108 Å². The lowest BCUT2D eigenvalue weighted by Gasteiger charge is -2.19. The molecule has 0 spiro atoms. The Morgan fingerprint density at radius 3 is 1.03 bits per heavy atom. The zero-order chi connectivity index (χ0) is 47.3. The Bertz CT molecular complexity index is 2280. The zero-order valence-electron chi connectivity index (χ0n) is 36.8. The smallest absolute Gasteiger partial charge is 0.416 e. The first-order chi connectivity index (χ1) is 31.8. The molecule has 66 heavy (non-hydrogen) atoms. The van der Waals surface area contributed by atoms with E-state index >= 15 is 0 Å². The average Bonchev–Trinajstić information content (AvgIpc) is 3.30. The molecule has 0 fully saturated rings. The summed E-state index contributed by atoms with van der Waals surface area (Å²) in [6.07, 6.45) is -4.39. The van der Waals surface area contributed by atoms with Crippen molar-refractivity contribution in [2.45, 2.75) is 26.9 Å². The Balaban J connectivity index is 1.31. The third-order valence-electron chi connectivity index (χ3n) is 9.46. The second kappa shape index (κ2) is 25.7. The molecular weight excluding hydrogens is 866 g/mol. The van der Waals surface area contributed by atoms with E-state index in [1.165, 1.54) is 32.9 Å². The molecule has 0 radical (unpaired) electrons. The van der Waals surface area contributed by atoms with Gasteiger partial charge in [-0.3, -0.25) is 19.2 Å². The Labute approximate surface area is 380 Å². The van der Waals surface area contributed by atoms with Gasteiger partial charge in [0.1, 0.15) is 39.6 Å². The second-order valence-electron chi connectivity index (χ2n) is 14.3. The van der Waals surface area contributed by atoms with Crippen LogP contribution in [0.2, 0.25) is 0 Å². The number of halogens is 3. The van der Waals surface area contributed by atoms with E-state index in [4.69, 9.17) is 42.6 Å². The van der Waals surface area contributed by atoms with Crippen LogP contribution in [-0.4, -0.2) is 103 Å². The predicted molar refractivity (Wildman–Crippen MR) is 236 cm³/mol. The number of hydrogen-bond donors (Lipinski definition) is 0. The van der Waals surface area contributed by atoms with Gasteiger partial charge in [0.05, 0.1) is 45.2 Å². The van der Waals surface area contributed by atoms with Gasteiger partial charge in [-0.15, -0.1) is 0 Å². The van der Waals surface area contributed by atoms with Crippen LogP contribution in [0.3, 0.4) is 0 Å². The van der Waals surface area contributed by atoms with Crippen molar-refractivity contribution >= 4 is 23.7 Å². The molecule has 5 aromatic rings. The van der Waals surface area contributed by atoms with E-state index in [0.29, 0.717) is 11.1 Å². The van der Waals surface area contributed by atoms with E-state index in [1.807, 2.05) is 60.7 Å². The van der Waals surface area contributed by atoms with Crippen molar-refractivity contribution in [3.05, 3.63) is 126 Å². The summed E-state index contributed by atoms with van der Waals surface area (Å²) >= 11 is 0. The molecule has 0 saturated carbocycles. The van der Waals surface area contributed by atoms with Crippen molar-refractivity contribution in [2.24, 2.45) is 0 Å². The molecule has 0 aliphatic carbocycles. The summed E-state index contributed by atoms with van der Waals surface area (Å²) in [7, 11) is 0. The highest BCUT2D eigenvalue weighted by atomic mass is 19.4. The molecule has 0 saturated heterocycles. The number of carbonyl (C=O) groups excluding carboxylic acids is 4. The number of rotatable bonds is 26. The Morgan fingerprint density at radius 2 is 0.697 bits per heavy atom. The number of esters is 3. The topological polar surface area (TPSA) is 151 Å². The first kappa shape index (κ1) is 50.3. The molecule has 0 heterocycles. The lowest BCUT2D eigenvalue weighted by molar-refractivity contribution is -0.143. The normalized spacial score (nSPS) is 11.1. The maximum atomic E-state index is 14.1. The van der Waals surface area contributed by atoms with Crippen molar-refractivity contribution in [2.75, 3.05) is 79.3 Å². The number of hydrogen-bond acceptors (Lipinski definition) is 13. The Hall–Kier alpha value is -6.75. The van der Waals surface area contributed by atoms with Crippen LogP contribution in [0, 0.1) is 0 Å². The Kier molecular flexibility index (Phi) is 19.5. The van der Waals surface area contributed by atoms with Gasteiger partial charge in [0, 0.05) is 31.9 Å². The average molecular weight is 917 g/mol. The van der Waals surface area contributed by atoms with Crippen LogP contribution in [-0.2, 0) is 49.0 Å². The maximum absolute atomic E-state index is 14.1. The van der Waals surface area contributed by atoms with Gasteiger partial charge in [-0.05, 0) is 57.6 Å². The maximum Gasteiger partial charge on any atom is 0.416 e. The third-order valence-corrected chi connectivity index (χ3v) is 9.46. The largest absolute Gasteiger partial charge is 0.487 e. The fourth-order valence-electron chi connectivity index (χ4n) is 6.27. The zero-order valence-corrected chi connectivity index (χ0v) is 36.8. The van der Waals surface area contributed by atoms with Gasteiger partial charge in [0.15, 0.2) is 17.3 Å². The van der Waals surface area contributed by atoms with Crippen molar-refractivity contribution in [1.29, 1.82) is 0 Å². The lowest BCUT2D eigenvalue weighted by atomic mass is 9.96. The minimum Gasteiger partial charge on any atom is -0.487 e. The highest BCUT2D eigenvalue weighted by molar-refractivity contribution is 6.10. The second-order valence-corrected chi connectivity index (χ2v) is 14.3. The van der Waals surface area contributed by atoms with Crippen LogP contribution in [0.1, 0.15) is 42.3 Å². The highest BCUT2D eigenvalue weighted by Gasteiger charge is 2.30. The molecule has 0 aromatic heterocycles. The van der Waals surface area contributed by atoms with E-state index in [1.54, 1.807) is 24.3 Å². The SMILES string of the molecule is CC(=O)OCCOCCOc1cc(C(=O)c2ccc(-c3ccc(-c4ccc(-c5ccc(C(F)(F)F)cc5)cc4)cc3)cc2)cc(OCCOCCOC(C)=O)c1OCCOCCOC(C)=O. The van der Waals surface area contributed by atoms with Crippen LogP contribution in [0.15, 0.2) is 109 Å². The van der Waals surface area contributed by atoms with Crippen molar-refractivity contribution in [1.82, 2.24) is 0 Å². The van der Waals surface area contributed by atoms with Crippen LogP contribution in [0.4, 0.5) is 13.2 Å². The molecule has 0 unspecified atom stereocenters. The summed E-state index contributed by atoms with van der Waals surface area (Å²) in [6.45, 7) is 5.03. The van der Waals surface area contributed by atoms with E-state index in [9.17, 15) is 32.3 Å². The summed E-state index contributed by atoms with van der Waals surface area (Å²) in [5, 5.41) is 0. The third kappa shape index (κ3) is 16.4.